The molecule has 2 aromatic rings. The highest BCUT2D eigenvalue weighted by atomic mass is 16.5. The number of carbonyl (C=O) groups is 1. The summed E-state index contributed by atoms with van der Waals surface area (Å²) in [5, 5.41) is 41.8. The van der Waals surface area contributed by atoms with E-state index in [1.54, 1.807) is 19.1 Å². The summed E-state index contributed by atoms with van der Waals surface area (Å²) in [7, 11) is 0. The van der Waals surface area contributed by atoms with Crippen molar-refractivity contribution in [1.82, 2.24) is 0 Å². The van der Waals surface area contributed by atoms with Crippen molar-refractivity contribution in [1.29, 1.82) is 0 Å². The van der Waals surface area contributed by atoms with Crippen molar-refractivity contribution < 1.29 is 30.0 Å². The van der Waals surface area contributed by atoms with Gasteiger partial charge >= 0.3 is 5.97 Å². The Bertz CT molecular complexity index is 1580. The zero-order valence-corrected chi connectivity index (χ0v) is 25.6. The van der Waals surface area contributed by atoms with Crippen molar-refractivity contribution in [3.8, 4) is 23.0 Å². The van der Waals surface area contributed by atoms with Crippen LogP contribution in [-0.2, 0) is 9.53 Å². The fourth-order valence-electron chi connectivity index (χ4n) is 5.10. The number of ether oxygens (including phenoxy) is 1. The lowest BCUT2D eigenvalue weighted by molar-refractivity contribution is -0.131. The molecule has 0 atom stereocenters. The van der Waals surface area contributed by atoms with Gasteiger partial charge in [-0.25, -0.2) is 4.79 Å². The molecule has 6 nitrogen and oxygen atoms in total. The molecule has 0 amide bonds. The largest absolute Gasteiger partial charge is 0.507 e. The summed E-state index contributed by atoms with van der Waals surface area (Å²) in [5.41, 5.74) is 5.63. The predicted molar refractivity (Wildman–Crippen MR) is 170 cm³/mol. The van der Waals surface area contributed by atoms with Gasteiger partial charge in [0.05, 0.1) is 16.3 Å². The first-order chi connectivity index (χ1) is 19.7. The molecule has 1 aliphatic carbocycles. The number of esters is 1. The van der Waals surface area contributed by atoms with Gasteiger partial charge in [-0.2, -0.15) is 0 Å². The normalized spacial score (nSPS) is 16.5. The fourth-order valence-corrected chi connectivity index (χ4v) is 5.10. The molecule has 6 heteroatoms. The molecule has 0 spiro atoms. The molecule has 0 radical (unpaired) electrons. The van der Waals surface area contributed by atoms with Gasteiger partial charge in [0.15, 0.2) is 0 Å². The van der Waals surface area contributed by atoms with Crippen LogP contribution in [0, 0.1) is 5.41 Å². The van der Waals surface area contributed by atoms with Gasteiger partial charge in [0, 0.05) is 6.08 Å². The van der Waals surface area contributed by atoms with Crippen molar-refractivity contribution in [2.24, 2.45) is 5.41 Å². The number of allylic oxidation sites excluding steroid dienone is 12. The van der Waals surface area contributed by atoms with Gasteiger partial charge in [0.1, 0.15) is 28.8 Å². The van der Waals surface area contributed by atoms with Gasteiger partial charge in [-0.05, 0) is 94.7 Å². The van der Waals surface area contributed by atoms with Gasteiger partial charge < -0.3 is 25.2 Å². The Balaban J connectivity index is 1.83. The highest BCUT2D eigenvalue weighted by molar-refractivity contribution is 6.04. The van der Waals surface area contributed by atoms with Crippen LogP contribution >= 0.6 is 0 Å². The molecule has 1 aliphatic rings. The van der Waals surface area contributed by atoms with E-state index in [4.69, 9.17) is 4.74 Å². The summed E-state index contributed by atoms with van der Waals surface area (Å²) in [4.78, 5) is 12.9. The van der Waals surface area contributed by atoms with Crippen molar-refractivity contribution in [2.45, 2.75) is 67.7 Å². The molecular formula is C36H42O6. The average Bonchev–Trinajstić information content (AvgIpc) is 2.89. The minimum Gasteiger partial charge on any atom is -0.507 e. The van der Waals surface area contributed by atoms with E-state index >= 15 is 0 Å². The van der Waals surface area contributed by atoms with Crippen LogP contribution in [0.2, 0.25) is 0 Å². The molecule has 0 aliphatic heterocycles. The first kappa shape index (κ1) is 32.1. The van der Waals surface area contributed by atoms with Gasteiger partial charge in [-0.1, -0.05) is 67.0 Å². The zero-order chi connectivity index (χ0) is 31.2. The van der Waals surface area contributed by atoms with Crippen molar-refractivity contribution in [2.75, 3.05) is 0 Å². The lowest BCUT2D eigenvalue weighted by Gasteiger charge is -2.32. The highest BCUT2D eigenvalue weighted by Gasteiger charge is 2.26. The Labute approximate surface area is 248 Å². The standard InChI is InChI=1S/C36H42O6/c1-22(2)13-18-31(26-21-30(39)33-28(37)16-17-29(38)34(33)35(26)41)42-32(40)20-24(4)11-8-10-23(3)14-15-27-25(5)12-9-19-36(27,6)7/h8,10-11,13-18,20-21,37-39,41H,9,12,19H2,1-7H3/b11-8+,15-14+,23-10+,24-20-,31-18-. The van der Waals surface area contributed by atoms with E-state index in [-0.39, 0.29) is 39.0 Å². The van der Waals surface area contributed by atoms with E-state index in [1.165, 1.54) is 54.3 Å². The maximum Gasteiger partial charge on any atom is 0.336 e. The van der Waals surface area contributed by atoms with Crippen LogP contribution in [0.5, 0.6) is 23.0 Å². The zero-order valence-electron chi connectivity index (χ0n) is 25.6. The van der Waals surface area contributed by atoms with Gasteiger partial charge in [-0.15, -0.1) is 0 Å². The third-order valence-corrected chi connectivity index (χ3v) is 7.35. The van der Waals surface area contributed by atoms with E-state index in [2.05, 4.69) is 32.9 Å². The lowest BCUT2D eigenvalue weighted by Crippen LogP contribution is -2.19. The molecule has 0 aromatic heterocycles. The van der Waals surface area contributed by atoms with Crippen LogP contribution in [-0.4, -0.2) is 26.4 Å². The maximum atomic E-state index is 12.9. The summed E-state index contributed by atoms with van der Waals surface area (Å²) in [6.07, 6.45) is 18.0. The van der Waals surface area contributed by atoms with Crippen molar-refractivity contribution >= 4 is 22.5 Å². The minimum absolute atomic E-state index is 0.0230. The topological polar surface area (TPSA) is 107 Å². The number of fused-ring (bicyclic) bond motifs is 1. The number of carbonyl (C=O) groups excluding carboxylic acids is 1. The number of hydrogen-bond acceptors (Lipinski definition) is 6. The maximum absolute atomic E-state index is 12.9. The summed E-state index contributed by atoms with van der Waals surface area (Å²) in [6, 6.07) is 3.59. The SMILES string of the molecule is CC(C)=C/C=C(\OC(=O)\C=C(C)/C=C/C=C(C)/C=C/C1=C(C)CCCC1(C)C)c1cc(O)c2c(O)ccc(O)c2c1O. The molecule has 42 heavy (non-hydrogen) atoms. The second-order valence-electron chi connectivity index (χ2n) is 11.8. The van der Waals surface area contributed by atoms with Crippen molar-refractivity contribution in [3.05, 3.63) is 100 Å². The van der Waals surface area contributed by atoms with Crippen molar-refractivity contribution in [3.63, 3.8) is 0 Å². The van der Waals surface area contributed by atoms with Crippen LogP contribution in [0.25, 0.3) is 16.5 Å². The van der Waals surface area contributed by atoms with E-state index in [0.29, 0.717) is 5.57 Å². The number of benzene rings is 2. The van der Waals surface area contributed by atoms with Gasteiger partial charge in [0.2, 0.25) is 0 Å². The third-order valence-electron chi connectivity index (χ3n) is 7.35. The number of rotatable bonds is 8. The molecule has 3 rings (SSSR count). The quantitative estimate of drug-likeness (QED) is 0.0829. The summed E-state index contributed by atoms with van der Waals surface area (Å²) in [6.45, 7) is 14.3. The number of aromatic hydroxyl groups is 4. The molecule has 2 aromatic carbocycles. The molecule has 4 N–H and O–H groups in total. The number of phenols is 4. The van der Waals surface area contributed by atoms with E-state index in [1.807, 2.05) is 32.9 Å². The molecule has 0 heterocycles. The monoisotopic (exact) mass is 570 g/mol. The molecule has 222 valence electrons. The molecule has 0 saturated carbocycles. The molecule has 0 unspecified atom stereocenters. The molecule has 0 saturated heterocycles. The summed E-state index contributed by atoms with van der Waals surface area (Å²) < 4.78 is 5.60. The molecule has 0 bridgehead atoms. The predicted octanol–water partition coefficient (Wildman–Crippen LogP) is 9.04. The minimum atomic E-state index is -0.688. The van der Waals surface area contributed by atoms with Crippen LogP contribution in [0.15, 0.2) is 94.7 Å². The Morgan fingerprint density at radius 1 is 0.881 bits per heavy atom. The van der Waals surface area contributed by atoms with Gasteiger partial charge in [0.25, 0.3) is 0 Å². The van der Waals surface area contributed by atoms with Gasteiger partial charge in [-0.3, -0.25) is 0 Å². The van der Waals surface area contributed by atoms with E-state index in [9.17, 15) is 25.2 Å². The van der Waals surface area contributed by atoms with Crippen LogP contribution in [0.3, 0.4) is 0 Å². The Morgan fingerprint density at radius 3 is 2.19 bits per heavy atom. The average molecular weight is 571 g/mol. The smallest absolute Gasteiger partial charge is 0.336 e. The second-order valence-corrected chi connectivity index (χ2v) is 11.8. The lowest BCUT2D eigenvalue weighted by atomic mass is 9.72. The summed E-state index contributed by atoms with van der Waals surface area (Å²) >= 11 is 0. The number of phenolic OH excluding ortho intramolecular Hbond substituents is 4. The Hall–Kier alpha value is -4.45. The Morgan fingerprint density at radius 2 is 1.55 bits per heavy atom. The molecular weight excluding hydrogens is 528 g/mol. The second kappa shape index (κ2) is 13.5. The van der Waals surface area contributed by atoms with Crippen LogP contribution in [0.4, 0.5) is 0 Å². The first-order valence-electron chi connectivity index (χ1n) is 14.1. The van der Waals surface area contributed by atoms with E-state index < -0.39 is 17.5 Å². The fraction of sp³-hybridized carbons (Fsp3) is 0.306. The van der Waals surface area contributed by atoms with E-state index in [0.717, 1.165) is 17.6 Å². The first-order valence-corrected chi connectivity index (χ1v) is 14.1. The molecule has 0 fully saturated rings. The Kier molecular flexibility index (Phi) is 10.3. The number of hydrogen-bond donors (Lipinski definition) is 4. The van der Waals surface area contributed by atoms with Crippen LogP contribution < -0.4 is 0 Å². The highest BCUT2D eigenvalue weighted by Crippen LogP contribution is 2.46. The third kappa shape index (κ3) is 7.84. The summed E-state index contributed by atoms with van der Waals surface area (Å²) in [5.74, 6) is -2.23. The van der Waals surface area contributed by atoms with Crippen LogP contribution in [0.1, 0.15) is 73.3 Å².